The standard InChI is InChI=1S/C12H11NO3/c1-15-11-7-9(12(14)16-2)8-5-3-4-6-10(8)13-11/h3-7H,1-2H3. The minimum Gasteiger partial charge on any atom is -0.481 e. The Morgan fingerprint density at radius 3 is 2.69 bits per heavy atom. The lowest BCUT2D eigenvalue weighted by atomic mass is 10.1. The minimum atomic E-state index is -0.392. The van der Waals surface area contributed by atoms with Crippen LogP contribution in [0.5, 0.6) is 5.88 Å². The van der Waals surface area contributed by atoms with Crippen LogP contribution < -0.4 is 4.74 Å². The van der Waals surface area contributed by atoms with Crippen LogP contribution in [0, 0.1) is 0 Å². The van der Waals surface area contributed by atoms with Gasteiger partial charge in [-0.25, -0.2) is 9.78 Å². The number of esters is 1. The number of pyridine rings is 1. The Bertz CT molecular complexity index is 537. The fourth-order valence-corrected chi connectivity index (χ4v) is 1.53. The fraction of sp³-hybridized carbons (Fsp3) is 0.167. The highest BCUT2D eigenvalue weighted by molar-refractivity contribution is 6.03. The van der Waals surface area contributed by atoms with E-state index < -0.39 is 5.97 Å². The molecular formula is C12H11NO3. The van der Waals surface area contributed by atoms with Gasteiger partial charge in [-0.1, -0.05) is 18.2 Å². The molecule has 0 spiro atoms. The van der Waals surface area contributed by atoms with Crippen molar-refractivity contribution < 1.29 is 14.3 Å². The van der Waals surface area contributed by atoms with Gasteiger partial charge in [0.2, 0.25) is 5.88 Å². The van der Waals surface area contributed by atoms with Crippen LogP contribution in [-0.4, -0.2) is 25.2 Å². The molecule has 4 heteroatoms. The lowest BCUT2D eigenvalue weighted by Gasteiger charge is -2.06. The first-order valence-electron chi connectivity index (χ1n) is 4.78. The molecule has 0 aliphatic rings. The summed E-state index contributed by atoms with van der Waals surface area (Å²) in [5.41, 5.74) is 1.17. The van der Waals surface area contributed by atoms with Gasteiger partial charge in [-0.05, 0) is 6.07 Å². The van der Waals surface area contributed by atoms with Crippen molar-refractivity contribution >= 4 is 16.9 Å². The molecule has 1 aromatic heterocycles. The Balaban J connectivity index is 2.73. The summed E-state index contributed by atoms with van der Waals surface area (Å²) in [5.74, 6) is 0.0102. The SMILES string of the molecule is COC(=O)c1cc(OC)nc2ccccc12. The second-order valence-corrected chi connectivity index (χ2v) is 3.22. The molecule has 0 amide bonds. The highest BCUT2D eigenvalue weighted by Crippen LogP contribution is 2.22. The van der Waals surface area contributed by atoms with Crippen molar-refractivity contribution in [3.8, 4) is 5.88 Å². The van der Waals surface area contributed by atoms with Crippen LogP contribution in [0.15, 0.2) is 30.3 Å². The summed E-state index contributed by atoms with van der Waals surface area (Å²) in [6, 6.07) is 8.94. The normalized spacial score (nSPS) is 10.1. The van der Waals surface area contributed by atoms with E-state index in [1.54, 1.807) is 6.07 Å². The number of hydrogen-bond acceptors (Lipinski definition) is 4. The summed E-state index contributed by atoms with van der Waals surface area (Å²) >= 11 is 0. The first-order chi connectivity index (χ1) is 7.76. The molecule has 0 radical (unpaired) electrons. The third-order valence-corrected chi connectivity index (χ3v) is 2.31. The Morgan fingerprint density at radius 2 is 2.00 bits per heavy atom. The summed E-state index contributed by atoms with van der Waals surface area (Å²) in [6.45, 7) is 0. The van der Waals surface area contributed by atoms with Crippen molar-refractivity contribution in [1.29, 1.82) is 0 Å². The maximum absolute atomic E-state index is 11.6. The van der Waals surface area contributed by atoms with E-state index in [9.17, 15) is 4.79 Å². The predicted octanol–water partition coefficient (Wildman–Crippen LogP) is 2.03. The van der Waals surface area contributed by atoms with Crippen LogP contribution in [0.1, 0.15) is 10.4 Å². The Hall–Kier alpha value is -2.10. The van der Waals surface area contributed by atoms with Gasteiger partial charge in [0.25, 0.3) is 0 Å². The van der Waals surface area contributed by atoms with Crippen molar-refractivity contribution in [2.24, 2.45) is 0 Å². The van der Waals surface area contributed by atoms with Crippen LogP contribution in [0.4, 0.5) is 0 Å². The molecule has 0 N–H and O–H groups in total. The number of aromatic nitrogens is 1. The van der Waals surface area contributed by atoms with Crippen LogP contribution in [0.2, 0.25) is 0 Å². The molecule has 0 aliphatic heterocycles. The smallest absolute Gasteiger partial charge is 0.338 e. The number of ether oxygens (including phenoxy) is 2. The lowest BCUT2D eigenvalue weighted by Crippen LogP contribution is -2.03. The van der Waals surface area contributed by atoms with Crippen LogP contribution in [0.3, 0.4) is 0 Å². The number of rotatable bonds is 2. The van der Waals surface area contributed by atoms with E-state index in [1.165, 1.54) is 14.2 Å². The largest absolute Gasteiger partial charge is 0.481 e. The summed E-state index contributed by atoms with van der Waals surface area (Å²) in [4.78, 5) is 15.8. The number of hydrogen-bond donors (Lipinski definition) is 0. The second kappa shape index (κ2) is 4.18. The van der Waals surface area contributed by atoms with Gasteiger partial charge in [-0.3, -0.25) is 0 Å². The average molecular weight is 217 g/mol. The maximum atomic E-state index is 11.6. The molecule has 16 heavy (non-hydrogen) atoms. The molecule has 0 saturated carbocycles. The predicted molar refractivity (Wildman–Crippen MR) is 59.6 cm³/mol. The highest BCUT2D eigenvalue weighted by Gasteiger charge is 2.12. The summed E-state index contributed by atoms with van der Waals surface area (Å²) in [5, 5.41) is 0.759. The lowest BCUT2D eigenvalue weighted by molar-refractivity contribution is 0.0602. The van der Waals surface area contributed by atoms with Gasteiger partial charge >= 0.3 is 5.97 Å². The molecule has 1 aromatic carbocycles. The molecule has 2 aromatic rings. The van der Waals surface area contributed by atoms with Gasteiger partial charge in [0.15, 0.2) is 0 Å². The molecule has 0 aliphatic carbocycles. The van der Waals surface area contributed by atoms with Gasteiger partial charge in [-0.2, -0.15) is 0 Å². The topological polar surface area (TPSA) is 48.4 Å². The molecule has 82 valence electrons. The second-order valence-electron chi connectivity index (χ2n) is 3.22. The van der Waals surface area contributed by atoms with E-state index >= 15 is 0 Å². The zero-order valence-corrected chi connectivity index (χ0v) is 9.06. The van der Waals surface area contributed by atoms with E-state index in [-0.39, 0.29) is 0 Å². The molecule has 0 fully saturated rings. The fourth-order valence-electron chi connectivity index (χ4n) is 1.53. The van der Waals surface area contributed by atoms with Crippen molar-refractivity contribution in [1.82, 2.24) is 4.98 Å². The van der Waals surface area contributed by atoms with E-state index in [0.717, 1.165) is 5.39 Å². The van der Waals surface area contributed by atoms with E-state index in [4.69, 9.17) is 9.47 Å². The first-order valence-corrected chi connectivity index (χ1v) is 4.78. The van der Waals surface area contributed by atoms with Gasteiger partial charge in [0.05, 0.1) is 25.3 Å². The van der Waals surface area contributed by atoms with Crippen molar-refractivity contribution in [3.63, 3.8) is 0 Å². The number of methoxy groups -OCH3 is 2. The third-order valence-electron chi connectivity index (χ3n) is 2.31. The minimum absolute atomic E-state index is 0.392. The highest BCUT2D eigenvalue weighted by atomic mass is 16.5. The third kappa shape index (κ3) is 1.69. The van der Waals surface area contributed by atoms with Gasteiger partial charge < -0.3 is 9.47 Å². The molecule has 0 atom stereocenters. The number of carbonyl (C=O) groups excluding carboxylic acids is 1. The van der Waals surface area contributed by atoms with E-state index in [1.807, 2.05) is 24.3 Å². The summed E-state index contributed by atoms with van der Waals surface area (Å²) < 4.78 is 9.76. The molecule has 0 unspecified atom stereocenters. The Labute approximate surface area is 92.8 Å². The molecule has 4 nitrogen and oxygen atoms in total. The zero-order chi connectivity index (χ0) is 11.5. The van der Waals surface area contributed by atoms with Gasteiger partial charge in [0, 0.05) is 11.5 Å². The number of benzene rings is 1. The number of para-hydroxylation sites is 1. The maximum Gasteiger partial charge on any atom is 0.338 e. The van der Waals surface area contributed by atoms with E-state index in [0.29, 0.717) is 17.0 Å². The van der Waals surface area contributed by atoms with Crippen LogP contribution >= 0.6 is 0 Å². The number of fused-ring (bicyclic) bond motifs is 1. The quantitative estimate of drug-likeness (QED) is 0.722. The molecule has 1 heterocycles. The molecular weight excluding hydrogens is 206 g/mol. The molecule has 0 bridgehead atoms. The first kappa shape index (κ1) is 10.4. The Kier molecular flexibility index (Phi) is 2.72. The zero-order valence-electron chi connectivity index (χ0n) is 9.06. The van der Waals surface area contributed by atoms with Crippen LogP contribution in [0.25, 0.3) is 10.9 Å². The monoisotopic (exact) mass is 217 g/mol. The van der Waals surface area contributed by atoms with Crippen molar-refractivity contribution in [2.45, 2.75) is 0 Å². The van der Waals surface area contributed by atoms with E-state index in [2.05, 4.69) is 4.98 Å². The van der Waals surface area contributed by atoms with Gasteiger partial charge in [-0.15, -0.1) is 0 Å². The number of nitrogens with zero attached hydrogens (tertiary/aromatic N) is 1. The summed E-state index contributed by atoms with van der Waals surface area (Å²) in [6.07, 6.45) is 0. The molecule has 0 saturated heterocycles. The van der Waals surface area contributed by atoms with Crippen molar-refractivity contribution in [3.05, 3.63) is 35.9 Å². The van der Waals surface area contributed by atoms with Gasteiger partial charge in [0.1, 0.15) is 0 Å². The van der Waals surface area contributed by atoms with Crippen molar-refractivity contribution in [2.75, 3.05) is 14.2 Å². The summed E-state index contributed by atoms with van der Waals surface area (Å²) in [7, 11) is 2.86. The average Bonchev–Trinajstić information content (AvgIpc) is 2.36. The Morgan fingerprint density at radius 1 is 1.25 bits per heavy atom. The number of carbonyl (C=O) groups is 1. The molecule has 2 rings (SSSR count). The van der Waals surface area contributed by atoms with Crippen LogP contribution in [-0.2, 0) is 4.74 Å².